The van der Waals surface area contributed by atoms with E-state index in [0.29, 0.717) is 11.4 Å². The Morgan fingerprint density at radius 2 is 1.42 bits per heavy atom. The van der Waals surface area contributed by atoms with Crippen molar-refractivity contribution in [2.45, 2.75) is 64.7 Å². The predicted octanol–water partition coefficient (Wildman–Crippen LogP) is 2.72. The summed E-state index contributed by atoms with van der Waals surface area (Å²) >= 11 is 0. The van der Waals surface area contributed by atoms with Crippen molar-refractivity contribution >= 4 is 0 Å². The van der Waals surface area contributed by atoms with Gasteiger partial charge in [0.1, 0.15) is 0 Å². The maximum Gasteiger partial charge on any atom is 0.352 e. The normalized spacial score (nSPS) is 16.6. The van der Waals surface area contributed by atoms with Crippen LogP contribution in [0.4, 0.5) is 0 Å². The first-order chi connectivity index (χ1) is 11.5. The van der Waals surface area contributed by atoms with Crippen LogP contribution in [0.1, 0.15) is 61.8 Å². The van der Waals surface area contributed by atoms with Crippen molar-refractivity contribution in [3.63, 3.8) is 0 Å². The Labute approximate surface area is 142 Å². The zero-order valence-corrected chi connectivity index (χ0v) is 15.0. The molecule has 0 fully saturated rings. The van der Waals surface area contributed by atoms with E-state index in [1.165, 1.54) is 50.4 Å². The first kappa shape index (κ1) is 16.9. The quantitative estimate of drug-likeness (QED) is 0.747. The van der Waals surface area contributed by atoms with Crippen LogP contribution >= 0.6 is 0 Å². The van der Waals surface area contributed by atoms with Crippen LogP contribution < -0.4 is 11.2 Å². The molecule has 0 saturated heterocycles. The van der Waals surface area contributed by atoms with Gasteiger partial charge in [0.25, 0.3) is 5.56 Å². The molecule has 0 aromatic carbocycles. The van der Waals surface area contributed by atoms with Gasteiger partial charge in [-0.2, -0.15) is 4.98 Å². The van der Waals surface area contributed by atoms with Gasteiger partial charge in [-0.1, -0.05) is 32.1 Å². The zero-order chi connectivity index (χ0) is 17.3. The van der Waals surface area contributed by atoms with Crippen LogP contribution in [0.15, 0.2) is 9.59 Å². The van der Waals surface area contributed by atoms with Crippen molar-refractivity contribution in [3.8, 4) is 11.4 Å². The Morgan fingerprint density at radius 3 is 2.08 bits per heavy atom. The highest BCUT2D eigenvalue weighted by molar-refractivity contribution is 5.64. The average Bonchev–Trinajstić information content (AvgIpc) is 2.55. The monoisotopic (exact) mass is 329 g/mol. The lowest BCUT2D eigenvalue weighted by molar-refractivity contribution is 0.564. The summed E-state index contributed by atoms with van der Waals surface area (Å²) in [6.45, 7) is 2.13. The van der Waals surface area contributed by atoms with Gasteiger partial charge >= 0.3 is 5.69 Å². The Hall–Kier alpha value is -1.91. The molecule has 1 aliphatic carbocycles. The fourth-order valence-electron chi connectivity index (χ4n) is 3.97. The van der Waals surface area contributed by atoms with Crippen LogP contribution in [0, 0.1) is 6.92 Å². The largest absolute Gasteiger partial charge is 0.352 e. The minimum absolute atomic E-state index is 0.211. The number of hydrogen-bond donors (Lipinski definition) is 0. The highest BCUT2D eigenvalue weighted by Crippen LogP contribution is 2.29. The number of pyridine rings is 1. The van der Waals surface area contributed by atoms with Crippen molar-refractivity contribution in [2.24, 2.45) is 14.1 Å². The van der Waals surface area contributed by atoms with E-state index in [9.17, 15) is 9.59 Å². The summed E-state index contributed by atoms with van der Waals surface area (Å²) in [5, 5.41) is 0. The molecule has 0 spiro atoms. The van der Waals surface area contributed by atoms with Gasteiger partial charge in [-0.3, -0.25) is 9.36 Å². The summed E-state index contributed by atoms with van der Waals surface area (Å²) < 4.78 is 3.11. The molecule has 3 aliphatic rings. The van der Waals surface area contributed by atoms with Gasteiger partial charge < -0.3 is 4.57 Å². The Kier molecular flexibility index (Phi) is 4.88. The summed E-state index contributed by atoms with van der Waals surface area (Å²) in [6.07, 6.45) is 10.4. The second-order valence-electron chi connectivity index (χ2n) is 7.04. The molecule has 0 saturated carbocycles. The Balaban J connectivity index is 2.28. The smallest absolute Gasteiger partial charge is 0.332 e. The molecule has 2 aliphatic heterocycles. The van der Waals surface area contributed by atoms with Gasteiger partial charge in [-0.25, -0.2) is 4.79 Å². The van der Waals surface area contributed by atoms with Crippen LogP contribution in [0.3, 0.4) is 0 Å². The van der Waals surface area contributed by atoms with E-state index < -0.39 is 5.69 Å². The number of rotatable bonds is 0. The first-order valence-corrected chi connectivity index (χ1v) is 9.10. The molecule has 2 heterocycles. The lowest BCUT2D eigenvalue weighted by Gasteiger charge is -2.23. The predicted molar refractivity (Wildman–Crippen MR) is 95.8 cm³/mol. The standard InChI is InChI=1S/C19H27N3O2/c1-13-14-11-9-7-5-4-6-8-10-12-15(13)21(2)17-16(14)18(23)22(3)19(24)20-17/h4-12H2,1-3H3. The van der Waals surface area contributed by atoms with Crippen molar-refractivity contribution in [1.29, 1.82) is 0 Å². The molecular weight excluding hydrogens is 302 g/mol. The van der Waals surface area contributed by atoms with Gasteiger partial charge in [0.2, 0.25) is 0 Å². The van der Waals surface area contributed by atoms with E-state index in [-0.39, 0.29) is 5.56 Å². The van der Waals surface area contributed by atoms with Crippen LogP contribution in [0.25, 0.3) is 11.4 Å². The van der Waals surface area contributed by atoms with Crippen LogP contribution in [-0.4, -0.2) is 14.1 Å². The summed E-state index contributed by atoms with van der Waals surface area (Å²) in [4.78, 5) is 29.0. The molecule has 0 aromatic heterocycles. The maximum absolute atomic E-state index is 12.8. The summed E-state index contributed by atoms with van der Waals surface area (Å²) in [5.74, 6) is 0.552. The lowest BCUT2D eigenvalue weighted by atomic mass is 9.92. The van der Waals surface area contributed by atoms with E-state index in [2.05, 4.69) is 11.9 Å². The highest BCUT2D eigenvalue weighted by atomic mass is 16.2. The molecule has 5 nitrogen and oxygen atoms in total. The van der Waals surface area contributed by atoms with Crippen LogP contribution in [0.2, 0.25) is 0 Å². The highest BCUT2D eigenvalue weighted by Gasteiger charge is 2.24. The summed E-state index contributed by atoms with van der Waals surface area (Å²) in [5.41, 5.74) is 3.49. The van der Waals surface area contributed by atoms with Gasteiger partial charge in [0.05, 0.1) is 5.56 Å². The van der Waals surface area contributed by atoms with E-state index in [4.69, 9.17) is 0 Å². The average molecular weight is 329 g/mol. The van der Waals surface area contributed by atoms with Gasteiger partial charge in [-0.15, -0.1) is 0 Å². The minimum atomic E-state index is -0.468. The second-order valence-corrected chi connectivity index (χ2v) is 7.04. The molecule has 3 rings (SSSR count). The van der Waals surface area contributed by atoms with E-state index >= 15 is 0 Å². The minimum Gasteiger partial charge on any atom is -0.332 e. The van der Waals surface area contributed by atoms with Crippen LogP contribution in [0.5, 0.6) is 0 Å². The fraction of sp³-hybridized carbons (Fsp3) is 0.632. The third-order valence-electron chi connectivity index (χ3n) is 5.48. The molecule has 24 heavy (non-hydrogen) atoms. The third kappa shape index (κ3) is 2.92. The molecule has 2 bridgehead atoms. The zero-order valence-electron chi connectivity index (χ0n) is 15.0. The molecule has 0 atom stereocenters. The third-order valence-corrected chi connectivity index (χ3v) is 5.48. The molecule has 0 unspecified atom stereocenters. The molecule has 0 radical (unpaired) electrons. The summed E-state index contributed by atoms with van der Waals surface area (Å²) in [7, 11) is 3.45. The van der Waals surface area contributed by atoms with E-state index in [1.54, 1.807) is 0 Å². The van der Waals surface area contributed by atoms with E-state index in [0.717, 1.165) is 35.8 Å². The molecule has 0 N–H and O–H groups in total. The molecular formula is C19H27N3O2. The van der Waals surface area contributed by atoms with Crippen molar-refractivity contribution < 1.29 is 0 Å². The molecule has 0 aromatic rings. The SMILES string of the molecule is Cc1c2c3c(=O)n(C)c(=O)nc-3n(C)c1CCCCCCCCC2. The molecule has 130 valence electrons. The maximum atomic E-state index is 12.8. The number of fused-ring (bicyclic) bond motifs is 4. The van der Waals surface area contributed by atoms with Crippen molar-refractivity contribution in [1.82, 2.24) is 14.1 Å². The van der Waals surface area contributed by atoms with Crippen molar-refractivity contribution in [2.75, 3.05) is 0 Å². The Bertz CT molecular complexity index is 832. The van der Waals surface area contributed by atoms with E-state index in [1.807, 2.05) is 11.6 Å². The molecule has 0 amide bonds. The molecule has 5 heteroatoms. The Morgan fingerprint density at radius 1 is 0.833 bits per heavy atom. The summed E-state index contributed by atoms with van der Waals surface area (Å²) in [6, 6.07) is 0. The van der Waals surface area contributed by atoms with Gasteiger partial charge in [0.15, 0.2) is 5.82 Å². The number of hydrogen-bond acceptors (Lipinski definition) is 3. The number of aromatic nitrogens is 3. The van der Waals surface area contributed by atoms with Crippen molar-refractivity contribution in [3.05, 3.63) is 37.7 Å². The fourth-order valence-corrected chi connectivity index (χ4v) is 3.97. The van der Waals surface area contributed by atoms with Crippen LogP contribution in [-0.2, 0) is 26.9 Å². The lowest BCUT2D eigenvalue weighted by Crippen LogP contribution is -2.37. The number of nitrogens with zero attached hydrogens (tertiary/aromatic N) is 3. The first-order valence-electron chi connectivity index (χ1n) is 9.10. The second kappa shape index (κ2) is 6.91. The van der Waals surface area contributed by atoms with Gasteiger partial charge in [-0.05, 0) is 43.7 Å². The van der Waals surface area contributed by atoms with Gasteiger partial charge in [0, 0.05) is 19.8 Å². The topological polar surface area (TPSA) is 56.9 Å².